The van der Waals surface area contributed by atoms with E-state index in [-0.39, 0.29) is 0 Å². The number of aliphatic hydroxyl groups excluding tert-OH is 1. The van der Waals surface area contributed by atoms with Crippen LogP contribution in [0.2, 0.25) is 0 Å². The molecule has 16 heavy (non-hydrogen) atoms. The number of fused-ring (bicyclic) bond motifs is 2. The lowest BCUT2D eigenvalue weighted by atomic mass is 9.84. The van der Waals surface area contributed by atoms with Crippen LogP contribution in [0.4, 0.5) is 0 Å². The maximum Gasteiger partial charge on any atom is 0.132 e. The summed E-state index contributed by atoms with van der Waals surface area (Å²) in [6.45, 7) is 1.92. The maximum absolute atomic E-state index is 10.1. The molecule has 2 fully saturated rings. The minimum atomic E-state index is -0.391. The molecule has 88 valence electrons. The van der Waals surface area contributed by atoms with Crippen LogP contribution >= 0.6 is 0 Å². The van der Waals surface area contributed by atoms with Crippen LogP contribution in [0.15, 0.2) is 16.5 Å². The first-order chi connectivity index (χ1) is 7.72. The number of aliphatic hydroxyl groups is 1. The van der Waals surface area contributed by atoms with Crippen LogP contribution in [0.1, 0.15) is 49.7 Å². The van der Waals surface area contributed by atoms with E-state index in [1.54, 1.807) is 0 Å². The summed E-state index contributed by atoms with van der Waals surface area (Å²) in [6.07, 6.45) is 6.07. The standard InChI is InChI=1S/C14H20O2/c1-9-2-5-14(16-9)13(15)8-12-7-10-3-4-11(12)6-10/h2,5,10-13,15H,3-4,6-8H2,1H3. The van der Waals surface area contributed by atoms with Crippen LogP contribution in [0, 0.1) is 24.7 Å². The second-order valence-corrected chi connectivity index (χ2v) is 5.63. The van der Waals surface area contributed by atoms with Gasteiger partial charge in [-0.2, -0.15) is 0 Å². The van der Waals surface area contributed by atoms with Gasteiger partial charge in [0.2, 0.25) is 0 Å². The summed E-state index contributed by atoms with van der Waals surface area (Å²) in [7, 11) is 0. The van der Waals surface area contributed by atoms with Gasteiger partial charge in [-0.1, -0.05) is 6.42 Å². The van der Waals surface area contributed by atoms with E-state index in [4.69, 9.17) is 4.42 Å². The minimum absolute atomic E-state index is 0.391. The summed E-state index contributed by atoms with van der Waals surface area (Å²) in [5, 5.41) is 10.1. The third-order valence-electron chi connectivity index (χ3n) is 4.50. The second kappa shape index (κ2) is 3.92. The molecular weight excluding hydrogens is 200 g/mol. The summed E-state index contributed by atoms with van der Waals surface area (Å²) in [6, 6.07) is 3.84. The Hall–Kier alpha value is -0.760. The molecule has 2 aliphatic carbocycles. The first-order valence-electron chi connectivity index (χ1n) is 6.47. The van der Waals surface area contributed by atoms with E-state index in [0.717, 1.165) is 35.7 Å². The van der Waals surface area contributed by atoms with E-state index in [1.807, 2.05) is 19.1 Å². The van der Waals surface area contributed by atoms with Crippen molar-refractivity contribution in [1.82, 2.24) is 0 Å². The van der Waals surface area contributed by atoms with Gasteiger partial charge < -0.3 is 9.52 Å². The topological polar surface area (TPSA) is 33.4 Å². The third-order valence-corrected chi connectivity index (χ3v) is 4.50. The van der Waals surface area contributed by atoms with Crippen LogP contribution in [0.3, 0.4) is 0 Å². The average molecular weight is 220 g/mol. The molecule has 0 saturated heterocycles. The Morgan fingerprint density at radius 1 is 1.38 bits per heavy atom. The Balaban J connectivity index is 1.62. The van der Waals surface area contributed by atoms with Gasteiger partial charge in [-0.15, -0.1) is 0 Å². The molecular formula is C14H20O2. The van der Waals surface area contributed by atoms with E-state index in [2.05, 4.69) is 0 Å². The smallest absolute Gasteiger partial charge is 0.132 e. The van der Waals surface area contributed by atoms with Crippen molar-refractivity contribution in [3.63, 3.8) is 0 Å². The SMILES string of the molecule is Cc1ccc(C(O)CC2CC3CCC2C3)o1. The van der Waals surface area contributed by atoms with Crippen molar-refractivity contribution in [2.24, 2.45) is 17.8 Å². The molecule has 0 amide bonds. The first-order valence-corrected chi connectivity index (χ1v) is 6.47. The van der Waals surface area contributed by atoms with Crippen molar-refractivity contribution in [1.29, 1.82) is 0 Å². The molecule has 1 aromatic heterocycles. The predicted octanol–water partition coefficient (Wildman–Crippen LogP) is 3.45. The van der Waals surface area contributed by atoms with E-state index >= 15 is 0 Å². The highest BCUT2D eigenvalue weighted by molar-refractivity contribution is 5.08. The molecule has 2 saturated carbocycles. The van der Waals surface area contributed by atoms with Gasteiger partial charge in [-0.3, -0.25) is 0 Å². The molecule has 1 N–H and O–H groups in total. The molecule has 2 heteroatoms. The number of hydrogen-bond donors (Lipinski definition) is 1. The lowest BCUT2D eigenvalue weighted by molar-refractivity contribution is 0.104. The second-order valence-electron chi connectivity index (χ2n) is 5.63. The number of rotatable bonds is 3. The van der Waals surface area contributed by atoms with Crippen LogP contribution in [0.25, 0.3) is 0 Å². The van der Waals surface area contributed by atoms with Crippen LogP contribution < -0.4 is 0 Å². The number of furan rings is 1. The van der Waals surface area contributed by atoms with Crippen LogP contribution in [-0.4, -0.2) is 5.11 Å². The van der Waals surface area contributed by atoms with Crippen molar-refractivity contribution < 1.29 is 9.52 Å². The molecule has 4 atom stereocenters. The molecule has 2 bridgehead atoms. The molecule has 1 heterocycles. The van der Waals surface area contributed by atoms with Crippen LogP contribution in [-0.2, 0) is 0 Å². The Bertz CT molecular complexity index is 369. The summed E-state index contributed by atoms with van der Waals surface area (Å²) in [5.41, 5.74) is 0. The van der Waals surface area contributed by atoms with Crippen molar-refractivity contribution in [3.05, 3.63) is 23.7 Å². The summed E-state index contributed by atoms with van der Waals surface area (Å²) >= 11 is 0. The van der Waals surface area contributed by atoms with Crippen molar-refractivity contribution in [2.45, 2.75) is 45.1 Å². The monoisotopic (exact) mass is 220 g/mol. The summed E-state index contributed by atoms with van der Waals surface area (Å²) in [5.74, 6) is 4.22. The summed E-state index contributed by atoms with van der Waals surface area (Å²) in [4.78, 5) is 0. The molecule has 2 aliphatic rings. The Kier molecular flexibility index (Phi) is 2.55. The molecule has 2 nitrogen and oxygen atoms in total. The molecule has 0 radical (unpaired) electrons. The van der Waals surface area contributed by atoms with Gasteiger partial charge in [0.15, 0.2) is 0 Å². The molecule has 0 aromatic carbocycles. The van der Waals surface area contributed by atoms with E-state index in [9.17, 15) is 5.11 Å². The van der Waals surface area contributed by atoms with Gasteiger partial charge in [0.05, 0.1) is 0 Å². The first kappa shape index (κ1) is 10.4. The van der Waals surface area contributed by atoms with Gasteiger partial charge >= 0.3 is 0 Å². The van der Waals surface area contributed by atoms with E-state index < -0.39 is 6.10 Å². The van der Waals surface area contributed by atoms with Crippen molar-refractivity contribution >= 4 is 0 Å². The van der Waals surface area contributed by atoms with Gasteiger partial charge in [0.25, 0.3) is 0 Å². The zero-order chi connectivity index (χ0) is 11.1. The lowest BCUT2D eigenvalue weighted by Gasteiger charge is -2.23. The van der Waals surface area contributed by atoms with Crippen molar-refractivity contribution in [2.75, 3.05) is 0 Å². The minimum Gasteiger partial charge on any atom is -0.464 e. The highest BCUT2D eigenvalue weighted by Gasteiger charge is 2.40. The largest absolute Gasteiger partial charge is 0.464 e. The van der Waals surface area contributed by atoms with Crippen molar-refractivity contribution in [3.8, 4) is 0 Å². The third kappa shape index (κ3) is 1.80. The predicted molar refractivity (Wildman–Crippen MR) is 62.0 cm³/mol. The molecule has 1 aromatic rings. The van der Waals surface area contributed by atoms with Gasteiger partial charge in [-0.05, 0) is 62.5 Å². The number of hydrogen-bond acceptors (Lipinski definition) is 2. The average Bonchev–Trinajstić information content (AvgIpc) is 2.92. The highest BCUT2D eigenvalue weighted by atomic mass is 16.4. The fourth-order valence-electron chi connectivity index (χ4n) is 3.70. The van der Waals surface area contributed by atoms with Crippen LogP contribution in [0.5, 0.6) is 0 Å². The highest BCUT2D eigenvalue weighted by Crippen LogP contribution is 2.50. The normalized spacial score (nSPS) is 34.5. The molecule has 0 spiro atoms. The molecule has 0 aliphatic heterocycles. The fourth-order valence-corrected chi connectivity index (χ4v) is 3.70. The number of aryl methyl sites for hydroxylation is 1. The molecule has 4 unspecified atom stereocenters. The fraction of sp³-hybridized carbons (Fsp3) is 0.714. The Morgan fingerprint density at radius 2 is 2.25 bits per heavy atom. The maximum atomic E-state index is 10.1. The lowest BCUT2D eigenvalue weighted by Crippen LogP contribution is -2.14. The summed E-state index contributed by atoms with van der Waals surface area (Å²) < 4.78 is 5.49. The molecule has 3 rings (SSSR count). The quantitative estimate of drug-likeness (QED) is 0.846. The van der Waals surface area contributed by atoms with E-state index in [1.165, 1.54) is 25.7 Å². The Morgan fingerprint density at radius 3 is 2.81 bits per heavy atom. The van der Waals surface area contributed by atoms with Gasteiger partial charge in [0, 0.05) is 0 Å². The Labute approximate surface area is 96.7 Å². The zero-order valence-corrected chi connectivity index (χ0v) is 9.86. The van der Waals surface area contributed by atoms with Gasteiger partial charge in [0.1, 0.15) is 17.6 Å². The van der Waals surface area contributed by atoms with E-state index in [0.29, 0.717) is 0 Å². The zero-order valence-electron chi connectivity index (χ0n) is 9.86. The van der Waals surface area contributed by atoms with Gasteiger partial charge in [-0.25, -0.2) is 0 Å².